The van der Waals surface area contributed by atoms with Crippen molar-refractivity contribution < 1.29 is 130 Å². The van der Waals surface area contributed by atoms with Crippen molar-refractivity contribution in [3.8, 4) is 0 Å². The topological polar surface area (TPSA) is 245 Å². The van der Waals surface area contributed by atoms with E-state index in [0.29, 0.717) is 88.8 Å². The van der Waals surface area contributed by atoms with Gasteiger partial charge in [-0.2, -0.15) is 52.7 Å². The van der Waals surface area contributed by atoms with Gasteiger partial charge >= 0.3 is 24.7 Å². The number of allylic oxidation sites excluding steroid dienone is 1. The molecule has 11 nitrogen and oxygen atoms in total. The van der Waals surface area contributed by atoms with Gasteiger partial charge in [0.2, 0.25) is 0 Å². The molecule has 0 saturated heterocycles. The molecule has 0 spiro atoms. The van der Waals surface area contributed by atoms with Crippen LogP contribution in [-0.4, -0.2) is 136 Å². The largest absolute Gasteiger partial charge is 0.414 e. The normalized spacial score (nSPS) is 48.3. The van der Waals surface area contributed by atoms with Crippen LogP contribution < -0.4 is 0 Å². The van der Waals surface area contributed by atoms with Crippen molar-refractivity contribution in [2.75, 3.05) is 7.11 Å². The first-order chi connectivity index (χ1) is 56.4. The number of hydrogen-bond acceptors (Lipinski definition) is 9. The first kappa shape index (κ1) is 108. The van der Waals surface area contributed by atoms with E-state index in [1.165, 1.54) is 5.57 Å². The summed E-state index contributed by atoms with van der Waals surface area (Å²) >= 11 is 0. The van der Waals surface area contributed by atoms with Crippen molar-refractivity contribution >= 4 is 0 Å². The second-order valence-electron chi connectivity index (χ2n) is 47.6. The molecule has 15 fully saturated rings. The molecular formula is C101H170F12O11Pd. The maximum atomic E-state index is 13.2. The molecular weight excluding hydrogens is 1720 g/mol. The van der Waals surface area contributed by atoms with Gasteiger partial charge in [-0.1, -0.05) is 122 Å². The van der Waals surface area contributed by atoms with E-state index in [4.69, 9.17) is 5.11 Å². The van der Waals surface area contributed by atoms with E-state index in [9.17, 15) is 93.5 Å². The van der Waals surface area contributed by atoms with Crippen LogP contribution in [0.5, 0.6) is 0 Å². The number of hydrogen-bond donors (Lipinski definition) is 9. The van der Waals surface area contributed by atoms with Crippen LogP contribution in [0, 0.1) is 179 Å². The second-order valence-corrected chi connectivity index (χ2v) is 47.6. The minimum atomic E-state index is -4.54. The average Bonchev–Trinajstić information content (AvgIpc) is 1.65. The molecule has 15 saturated carbocycles. The number of halogens is 12. The van der Waals surface area contributed by atoms with E-state index in [2.05, 4.69) is 89.2 Å². The first-order valence-corrected chi connectivity index (χ1v) is 49.5. The second kappa shape index (κ2) is 38.2. The van der Waals surface area contributed by atoms with E-state index in [1.54, 1.807) is 27.7 Å². The molecule has 16 aliphatic rings. The number of fused-ring (bicyclic) bond motifs is 20. The maximum Gasteiger partial charge on any atom is 0.414 e. The van der Waals surface area contributed by atoms with Gasteiger partial charge in [0.25, 0.3) is 0 Å². The summed E-state index contributed by atoms with van der Waals surface area (Å²) in [6.45, 7) is 33.5. The summed E-state index contributed by atoms with van der Waals surface area (Å²) in [5.74, 6) is 5.18. The fourth-order valence-electron chi connectivity index (χ4n) is 35.6. The summed E-state index contributed by atoms with van der Waals surface area (Å²) < 4.78 is 159. The van der Waals surface area contributed by atoms with Gasteiger partial charge in [-0.3, -0.25) is 0 Å². The Kier molecular flexibility index (Phi) is 33.0. The van der Waals surface area contributed by atoms with E-state index >= 15 is 0 Å². The zero-order valence-corrected chi connectivity index (χ0v) is 80.7. The van der Waals surface area contributed by atoms with Gasteiger partial charge < -0.3 is 56.9 Å². The molecule has 0 amide bonds. The monoisotopic (exact) mass is 1890 g/mol. The number of alkyl halides is 12. The van der Waals surface area contributed by atoms with Gasteiger partial charge in [-0.25, -0.2) is 0 Å². The molecule has 0 aromatic rings. The average molecular weight is 1890 g/mol. The summed E-state index contributed by atoms with van der Waals surface area (Å²) in [7, 11) is 1.00. The molecule has 16 rings (SSSR count). The Morgan fingerprint density at radius 1 is 0.304 bits per heavy atom. The third kappa shape index (κ3) is 19.1. The molecule has 0 unspecified atom stereocenters. The Morgan fingerprint density at radius 3 is 0.784 bits per heavy atom. The maximum absolute atomic E-state index is 13.2. The molecule has 125 heavy (non-hydrogen) atoms. The van der Waals surface area contributed by atoms with E-state index < -0.39 is 95.2 Å². The summed E-state index contributed by atoms with van der Waals surface area (Å²) in [5, 5.41) is 90.5. The zero-order valence-electron chi connectivity index (χ0n) is 79.1. The number of aliphatic hydroxyl groups is 9. The number of rotatable bonds is 12. The fourth-order valence-corrected chi connectivity index (χ4v) is 35.6. The van der Waals surface area contributed by atoms with Crippen LogP contribution >= 0.6 is 0 Å². The van der Waals surface area contributed by atoms with Gasteiger partial charge in [0.1, 0.15) is 0 Å². The predicted octanol–water partition coefficient (Wildman–Crippen LogP) is 23.3. The van der Waals surface area contributed by atoms with E-state index in [1.807, 2.05) is 0 Å². The van der Waals surface area contributed by atoms with Crippen LogP contribution in [-0.2, 0) is 20.4 Å². The van der Waals surface area contributed by atoms with Crippen molar-refractivity contribution in [3.05, 3.63) is 11.6 Å². The van der Waals surface area contributed by atoms with Crippen LogP contribution in [0.4, 0.5) is 52.7 Å². The molecule has 16 aliphatic carbocycles. The molecule has 734 valence electrons. The van der Waals surface area contributed by atoms with Gasteiger partial charge in [0.05, 0.1) is 22.4 Å². The summed E-state index contributed by atoms with van der Waals surface area (Å²) in [6, 6.07) is 0. The minimum Gasteiger partial charge on any atom is -0.412 e. The standard InChI is InChI=1S/3C25H41F3O2.C25H39F3O2.CH4O.2H2O.Pd/c4*1-5-24(30)13-12-22(3)16(14-24)6-7-17-19-9-8-18(15(2)21(29)25(26,27)28)23(19,4)11-10-20(17)22;1-2;;;/h3*15-21,29-30H,5-14H2,1-4H3;6,15,17-21,29-30H,5,7-14H2,1-4H3;2H,1H3;2*1H2;/t2*15-,16+,17-,18+,19-,20-,21-,22-,23+,24-;15-,16-,17-,18+,19-,20-,21-,22-,23+,24-;15-,17-,18+,19-,20-,21-,22-,23+,24-;;;;/m0000..../s1. The number of aliphatic hydroxyl groups excluding tert-OH is 5. The Hall–Kier alpha value is -0.878. The van der Waals surface area contributed by atoms with Crippen LogP contribution in [0.2, 0.25) is 0 Å². The van der Waals surface area contributed by atoms with Crippen molar-refractivity contribution in [1.82, 2.24) is 0 Å². The molecule has 0 bridgehead atoms. The molecule has 0 aromatic carbocycles. The van der Waals surface area contributed by atoms with Crippen LogP contribution in [0.3, 0.4) is 0 Å². The fraction of sp³-hybridized carbons (Fsp3) is 0.980. The third-order valence-corrected chi connectivity index (χ3v) is 43.5. The summed E-state index contributed by atoms with van der Waals surface area (Å²) in [6.07, 6.45) is 13.4. The van der Waals surface area contributed by atoms with Gasteiger partial charge in [-0.15, -0.1) is 0 Å². The quantitative estimate of drug-likeness (QED) is 0.0512. The molecule has 0 radical (unpaired) electrons. The Bertz CT molecular complexity index is 3310. The SMILES string of the molecule is CC[C@]1(O)CC[C@@]2(C)C(=CC[C@H]3[C@@H]4CC[C@H]([C@H](C)[C@H](O)C(F)(F)F)[C@@]4(C)CC[C@@H]32)C1.CC[C@]1(O)CC[C@@]2(C)[C@@H](CC[C@@H]3[C@@H]2CC[C@]2(C)[C@@H]([C@H](C)[C@H](O)C(F)(F)F)CC[C@@H]32)C1.CC[C@]1(O)CC[C@@]2(C)[C@H](CC[C@@H]3[C@@H]2CC[C@]2(C)[C@@H]([C@H](C)[C@H](O)C(F)(F)F)CC[C@@H]32)C1.CC[C@]1(O)CC[C@@]2(C)[C@H](CC[C@@H]3[C@@H]2CC[C@]2(C)[C@@H]([C@H](C)[C@H](O)C(F)(F)F)CC[C@@H]32)C1.CO.O.O.[Pd]. The molecule has 13 N–H and O–H groups in total. The summed E-state index contributed by atoms with van der Waals surface area (Å²) in [4.78, 5) is 0. The predicted molar refractivity (Wildman–Crippen MR) is 462 cm³/mol. The van der Waals surface area contributed by atoms with Gasteiger partial charge in [0, 0.05) is 27.5 Å². The van der Waals surface area contributed by atoms with Crippen LogP contribution in [0.15, 0.2) is 11.6 Å². The Labute approximate surface area is 756 Å². The first-order valence-electron chi connectivity index (χ1n) is 49.5. The zero-order chi connectivity index (χ0) is 90.5. The smallest absolute Gasteiger partial charge is 0.412 e. The summed E-state index contributed by atoms with van der Waals surface area (Å²) in [5.41, 5.74) is -0.0952. The minimum absolute atomic E-state index is 0. The molecule has 0 heterocycles. The van der Waals surface area contributed by atoms with Crippen molar-refractivity contribution in [3.63, 3.8) is 0 Å². The molecule has 24 heteroatoms. The van der Waals surface area contributed by atoms with Crippen molar-refractivity contribution in [2.24, 2.45) is 179 Å². The molecule has 0 aliphatic heterocycles. The Morgan fingerprint density at radius 2 is 0.536 bits per heavy atom. The molecule has 0 aromatic heterocycles. The Balaban J connectivity index is 0.000000186. The van der Waals surface area contributed by atoms with E-state index in [-0.39, 0.29) is 98.4 Å². The van der Waals surface area contributed by atoms with Crippen molar-refractivity contribution in [1.29, 1.82) is 0 Å². The van der Waals surface area contributed by atoms with Gasteiger partial charge in [0.15, 0.2) is 24.4 Å². The molecule has 39 atom stereocenters. The van der Waals surface area contributed by atoms with Crippen LogP contribution in [0.25, 0.3) is 0 Å². The third-order valence-electron chi connectivity index (χ3n) is 43.5. The van der Waals surface area contributed by atoms with Crippen molar-refractivity contribution in [2.45, 2.75) is 433 Å². The van der Waals surface area contributed by atoms with Crippen LogP contribution in [0.1, 0.15) is 361 Å². The van der Waals surface area contributed by atoms with Gasteiger partial charge in [-0.05, 0) is 430 Å². The van der Waals surface area contributed by atoms with E-state index in [0.717, 1.165) is 258 Å².